The van der Waals surface area contributed by atoms with Crippen LogP contribution >= 0.6 is 11.3 Å². The Kier molecular flexibility index (Phi) is 4.14. The van der Waals surface area contributed by atoms with E-state index in [0.29, 0.717) is 12.3 Å². The summed E-state index contributed by atoms with van der Waals surface area (Å²) in [5.74, 6) is 0.821. The lowest BCUT2D eigenvalue weighted by atomic mass is 9.75. The van der Waals surface area contributed by atoms with Gasteiger partial charge in [0.05, 0.1) is 0 Å². The smallest absolute Gasteiger partial charge is 0.169 e. The van der Waals surface area contributed by atoms with Gasteiger partial charge in [-0.05, 0) is 47.6 Å². The van der Waals surface area contributed by atoms with Crippen molar-refractivity contribution in [3.63, 3.8) is 0 Å². The van der Waals surface area contributed by atoms with Crippen LogP contribution in [0.5, 0.6) is 0 Å². The molecule has 3 rings (SSSR count). The van der Waals surface area contributed by atoms with Crippen LogP contribution in [0.4, 0.5) is 0 Å². The van der Waals surface area contributed by atoms with Crippen molar-refractivity contribution in [2.75, 3.05) is 7.11 Å². The van der Waals surface area contributed by atoms with E-state index in [0.717, 1.165) is 24.8 Å². The van der Waals surface area contributed by atoms with Crippen LogP contribution in [0.1, 0.15) is 38.2 Å². The molecule has 0 radical (unpaired) electrons. The molecule has 0 N–H and O–H groups in total. The van der Waals surface area contributed by atoms with Crippen LogP contribution in [0, 0.1) is 5.92 Å². The van der Waals surface area contributed by atoms with Crippen LogP contribution in [0.3, 0.4) is 0 Å². The van der Waals surface area contributed by atoms with Crippen molar-refractivity contribution in [3.05, 3.63) is 35.2 Å². The predicted molar refractivity (Wildman–Crippen MR) is 87.9 cm³/mol. The van der Waals surface area contributed by atoms with Gasteiger partial charge in [-0.1, -0.05) is 31.5 Å². The van der Waals surface area contributed by atoms with Crippen molar-refractivity contribution in [3.8, 4) is 0 Å². The Morgan fingerprint density at radius 1 is 1.43 bits per heavy atom. The fraction of sp³-hybridized carbons (Fsp3) is 0.500. The van der Waals surface area contributed by atoms with Crippen molar-refractivity contribution < 1.29 is 9.53 Å². The number of hydrogen-bond donors (Lipinski definition) is 0. The van der Waals surface area contributed by atoms with Crippen molar-refractivity contribution >= 4 is 27.2 Å². The second-order valence-corrected chi connectivity index (χ2v) is 7.17. The van der Waals surface area contributed by atoms with Crippen LogP contribution in [0.15, 0.2) is 29.6 Å². The molecule has 1 aliphatic carbocycles. The number of methoxy groups -OCH3 is 1. The molecule has 0 spiro atoms. The van der Waals surface area contributed by atoms with Gasteiger partial charge in [0.15, 0.2) is 5.78 Å². The molecule has 2 unspecified atom stereocenters. The van der Waals surface area contributed by atoms with Crippen molar-refractivity contribution in [1.82, 2.24) is 0 Å². The first kappa shape index (κ1) is 14.7. The molecule has 1 aliphatic rings. The lowest BCUT2D eigenvalue weighted by Crippen LogP contribution is -2.45. The third-order valence-corrected chi connectivity index (χ3v) is 5.78. The summed E-state index contributed by atoms with van der Waals surface area (Å²) in [6.45, 7) is 2.22. The number of ether oxygens (including phenoxy) is 1. The molecule has 1 heterocycles. The van der Waals surface area contributed by atoms with E-state index in [1.165, 1.54) is 16.5 Å². The van der Waals surface area contributed by atoms with E-state index >= 15 is 0 Å². The van der Waals surface area contributed by atoms with E-state index < -0.39 is 5.60 Å². The molecule has 21 heavy (non-hydrogen) atoms. The first-order valence-electron chi connectivity index (χ1n) is 7.68. The van der Waals surface area contributed by atoms with Gasteiger partial charge in [0.1, 0.15) is 5.60 Å². The van der Waals surface area contributed by atoms with Crippen LogP contribution in [0.2, 0.25) is 0 Å². The maximum absolute atomic E-state index is 12.9. The first-order valence-corrected chi connectivity index (χ1v) is 8.56. The normalized spacial score (nSPS) is 26.1. The zero-order chi connectivity index (χ0) is 14.9. The molecule has 0 bridgehead atoms. The standard InChI is InChI=1S/C18H22O2S/c1-13-6-5-9-18(11-13,20-2)17(19)10-14-12-21-16-8-4-3-7-15(14)16/h3-4,7-8,12-13H,5-6,9-11H2,1-2H3. The van der Waals surface area contributed by atoms with Gasteiger partial charge >= 0.3 is 0 Å². The topological polar surface area (TPSA) is 26.3 Å². The van der Waals surface area contributed by atoms with Gasteiger partial charge in [0.25, 0.3) is 0 Å². The van der Waals surface area contributed by atoms with Crippen molar-refractivity contribution in [2.24, 2.45) is 5.92 Å². The summed E-state index contributed by atoms with van der Waals surface area (Å²) in [5.41, 5.74) is 0.594. The SMILES string of the molecule is COC1(C(=O)Cc2csc3ccccc23)CCCC(C)C1. The summed E-state index contributed by atoms with van der Waals surface area (Å²) in [4.78, 5) is 12.9. The van der Waals surface area contributed by atoms with Crippen LogP contribution in [-0.2, 0) is 16.0 Å². The second kappa shape index (κ2) is 5.90. The van der Waals surface area contributed by atoms with E-state index in [1.54, 1.807) is 18.4 Å². The summed E-state index contributed by atoms with van der Waals surface area (Å²) in [6, 6.07) is 8.31. The Labute approximate surface area is 130 Å². The Morgan fingerprint density at radius 3 is 3.00 bits per heavy atom. The molecule has 0 amide bonds. The van der Waals surface area contributed by atoms with E-state index in [1.807, 2.05) is 12.1 Å². The fourth-order valence-corrected chi connectivity index (χ4v) is 4.52. The highest BCUT2D eigenvalue weighted by Crippen LogP contribution is 2.37. The van der Waals surface area contributed by atoms with Gasteiger partial charge in [-0.15, -0.1) is 11.3 Å². The summed E-state index contributed by atoms with van der Waals surface area (Å²) in [6.07, 6.45) is 4.52. The van der Waals surface area contributed by atoms with Crippen molar-refractivity contribution in [2.45, 2.75) is 44.6 Å². The number of Topliss-reactive ketones (excluding diaryl/α,β-unsaturated/α-hetero) is 1. The molecule has 2 aromatic rings. The van der Waals surface area contributed by atoms with Crippen LogP contribution in [-0.4, -0.2) is 18.5 Å². The maximum atomic E-state index is 12.9. The summed E-state index contributed by atoms with van der Waals surface area (Å²) < 4.78 is 6.98. The number of ketones is 1. The quantitative estimate of drug-likeness (QED) is 0.824. The fourth-order valence-electron chi connectivity index (χ4n) is 3.56. The largest absolute Gasteiger partial charge is 0.370 e. The minimum absolute atomic E-state index is 0.250. The lowest BCUT2D eigenvalue weighted by molar-refractivity contribution is -0.146. The lowest BCUT2D eigenvalue weighted by Gasteiger charge is -2.37. The molecular formula is C18H22O2S. The highest BCUT2D eigenvalue weighted by molar-refractivity contribution is 7.17. The van der Waals surface area contributed by atoms with Gasteiger partial charge in [-0.3, -0.25) is 4.79 Å². The van der Waals surface area contributed by atoms with Crippen LogP contribution in [0.25, 0.3) is 10.1 Å². The third-order valence-electron chi connectivity index (χ3n) is 4.77. The number of fused-ring (bicyclic) bond motifs is 1. The zero-order valence-electron chi connectivity index (χ0n) is 12.7. The second-order valence-electron chi connectivity index (χ2n) is 6.26. The molecule has 0 aliphatic heterocycles. The van der Waals surface area contributed by atoms with E-state index in [9.17, 15) is 4.79 Å². The summed E-state index contributed by atoms with van der Waals surface area (Å²) >= 11 is 1.72. The minimum Gasteiger partial charge on any atom is -0.370 e. The molecule has 0 saturated heterocycles. The third kappa shape index (κ3) is 2.77. The van der Waals surface area contributed by atoms with Gasteiger partial charge in [0, 0.05) is 18.2 Å². The molecule has 2 atom stereocenters. The van der Waals surface area contributed by atoms with Crippen LogP contribution < -0.4 is 0 Å². The highest BCUT2D eigenvalue weighted by atomic mass is 32.1. The Hall–Kier alpha value is -1.19. The number of hydrogen-bond acceptors (Lipinski definition) is 3. The van der Waals surface area contributed by atoms with E-state index in [-0.39, 0.29) is 5.78 Å². The van der Waals surface area contributed by atoms with Crippen molar-refractivity contribution in [1.29, 1.82) is 0 Å². The molecule has 112 valence electrons. The highest BCUT2D eigenvalue weighted by Gasteiger charge is 2.41. The monoisotopic (exact) mass is 302 g/mol. The average Bonchev–Trinajstić information content (AvgIpc) is 2.90. The summed E-state index contributed by atoms with van der Waals surface area (Å²) in [5, 5.41) is 3.34. The van der Waals surface area contributed by atoms with E-state index in [4.69, 9.17) is 4.74 Å². The zero-order valence-corrected chi connectivity index (χ0v) is 13.5. The minimum atomic E-state index is -0.555. The summed E-state index contributed by atoms with van der Waals surface area (Å²) in [7, 11) is 1.70. The first-order chi connectivity index (χ1) is 10.1. The molecule has 1 saturated carbocycles. The predicted octanol–water partition coefficient (Wildman–Crippen LogP) is 4.61. The Bertz CT molecular complexity index is 645. The van der Waals surface area contributed by atoms with E-state index in [2.05, 4.69) is 24.4 Å². The van der Waals surface area contributed by atoms with Gasteiger partial charge in [-0.25, -0.2) is 0 Å². The molecule has 3 heteroatoms. The average molecular weight is 302 g/mol. The number of thiophene rings is 1. The molecular weight excluding hydrogens is 280 g/mol. The number of carbonyl (C=O) groups excluding carboxylic acids is 1. The van der Waals surface area contributed by atoms with Gasteiger partial charge < -0.3 is 4.74 Å². The Balaban J connectivity index is 1.84. The number of carbonyl (C=O) groups is 1. The molecule has 1 aromatic carbocycles. The molecule has 1 aromatic heterocycles. The van der Waals surface area contributed by atoms with Gasteiger partial charge in [-0.2, -0.15) is 0 Å². The number of rotatable bonds is 4. The Morgan fingerprint density at radius 2 is 2.24 bits per heavy atom. The maximum Gasteiger partial charge on any atom is 0.169 e. The number of benzene rings is 1. The van der Waals surface area contributed by atoms with Gasteiger partial charge in [0.2, 0.25) is 0 Å². The molecule has 1 fully saturated rings. The molecule has 2 nitrogen and oxygen atoms in total.